The van der Waals surface area contributed by atoms with Crippen molar-refractivity contribution < 1.29 is 23.8 Å². The van der Waals surface area contributed by atoms with Crippen LogP contribution in [-0.2, 0) is 11.2 Å². The molecule has 2 aliphatic heterocycles. The minimum atomic E-state index is -1.12. The summed E-state index contributed by atoms with van der Waals surface area (Å²) in [7, 11) is 1.42. The van der Waals surface area contributed by atoms with Crippen LogP contribution in [0.25, 0.3) is 10.9 Å². The van der Waals surface area contributed by atoms with Crippen LogP contribution in [0.5, 0.6) is 5.75 Å². The molecule has 1 aliphatic carbocycles. The van der Waals surface area contributed by atoms with Crippen molar-refractivity contribution >= 4 is 22.8 Å². The van der Waals surface area contributed by atoms with E-state index in [-0.39, 0.29) is 35.4 Å². The topological polar surface area (TPSA) is 97.9 Å². The number of imide groups is 1. The number of fused-ring (bicyclic) bond motifs is 4. The van der Waals surface area contributed by atoms with E-state index < -0.39 is 17.4 Å². The number of aliphatic hydroxyl groups excluding tert-OH is 1. The highest BCUT2D eigenvalue weighted by Crippen LogP contribution is 2.50. The zero-order valence-electron chi connectivity index (χ0n) is 22.1. The van der Waals surface area contributed by atoms with Gasteiger partial charge in [-0.25, -0.2) is 9.18 Å². The molecule has 8 nitrogen and oxygen atoms in total. The van der Waals surface area contributed by atoms with Crippen molar-refractivity contribution in [3.8, 4) is 5.75 Å². The lowest BCUT2D eigenvalue weighted by Crippen LogP contribution is -2.53. The van der Waals surface area contributed by atoms with E-state index in [2.05, 4.69) is 31.1 Å². The molecule has 0 radical (unpaired) electrons. The number of aromatic amines is 1. The van der Waals surface area contributed by atoms with Crippen LogP contribution in [0, 0.1) is 5.82 Å². The van der Waals surface area contributed by atoms with Gasteiger partial charge in [0, 0.05) is 47.6 Å². The minimum absolute atomic E-state index is 0.0559. The van der Waals surface area contributed by atoms with Crippen LogP contribution >= 0.6 is 0 Å². The molecule has 3 aliphatic rings. The lowest BCUT2D eigenvalue weighted by molar-refractivity contribution is -0.133. The third kappa shape index (κ3) is 4.19. The molecule has 1 fully saturated rings. The number of halogens is 1. The SMILES string of the molecule is COc1cc2c3c([nH]c2cc1F)[C@@H](C1=CCCC(O)=C1)N1C(=O)N(CCCNC(C)(C)C)C(=O)[C@]1(C)C3. The van der Waals surface area contributed by atoms with Gasteiger partial charge in [0.2, 0.25) is 0 Å². The molecule has 3 amide bonds. The molecule has 3 heterocycles. The fourth-order valence-electron chi connectivity index (χ4n) is 5.82. The molecule has 0 bridgehead atoms. The zero-order chi connectivity index (χ0) is 26.7. The van der Waals surface area contributed by atoms with Gasteiger partial charge < -0.3 is 20.1 Å². The number of hydrogen-bond donors (Lipinski definition) is 3. The van der Waals surface area contributed by atoms with Crippen molar-refractivity contribution in [2.24, 2.45) is 0 Å². The highest BCUT2D eigenvalue weighted by molar-refractivity contribution is 6.08. The smallest absolute Gasteiger partial charge is 0.328 e. The third-order valence-electron chi connectivity index (χ3n) is 7.58. The number of methoxy groups -OCH3 is 1. The Hall–Kier alpha value is -3.33. The first-order valence-electron chi connectivity index (χ1n) is 12.8. The summed E-state index contributed by atoms with van der Waals surface area (Å²) in [5.41, 5.74) is 1.73. The van der Waals surface area contributed by atoms with Gasteiger partial charge in [0.15, 0.2) is 11.6 Å². The summed E-state index contributed by atoms with van der Waals surface area (Å²) in [6.45, 7) is 9.02. The second kappa shape index (κ2) is 8.90. The van der Waals surface area contributed by atoms with Crippen LogP contribution in [0.4, 0.5) is 9.18 Å². The van der Waals surface area contributed by atoms with Crippen molar-refractivity contribution in [2.75, 3.05) is 20.2 Å². The van der Waals surface area contributed by atoms with Gasteiger partial charge in [-0.2, -0.15) is 0 Å². The number of allylic oxidation sites excluding steroid dienone is 2. The molecular formula is C28H35FN4O4. The lowest BCUT2D eigenvalue weighted by Gasteiger charge is -2.43. The van der Waals surface area contributed by atoms with Crippen LogP contribution in [0.1, 0.15) is 64.3 Å². The normalized spacial score (nSPS) is 23.8. The number of carbonyl (C=O) groups is 2. The number of aromatic nitrogens is 1. The van der Waals surface area contributed by atoms with Crippen LogP contribution < -0.4 is 10.1 Å². The number of H-pyrrole nitrogens is 1. The highest BCUT2D eigenvalue weighted by atomic mass is 19.1. The molecule has 0 saturated carbocycles. The molecule has 198 valence electrons. The number of rotatable bonds is 6. The van der Waals surface area contributed by atoms with E-state index in [4.69, 9.17) is 4.74 Å². The monoisotopic (exact) mass is 510 g/mol. The van der Waals surface area contributed by atoms with E-state index in [1.807, 2.05) is 13.0 Å². The average molecular weight is 511 g/mol. The van der Waals surface area contributed by atoms with Gasteiger partial charge in [0.25, 0.3) is 5.91 Å². The fourth-order valence-corrected chi connectivity index (χ4v) is 5.82. The Labute approximate surface area is 216 Å². The predicted molar refractivity (Wildman–Crippen MR) is 139 cm³/mol. The fraction of sp³-hybridized carbons (Fsp3) is 0.500. The number of carbonyl (C=O) groups excluding carboxylic acids is 2. The van der Waals surface area contributed by atoms with Gasteiger partial charge in [-0.3, -0.25) is 14.6 Å². The summed E-state index contributed by atoms with van der Waals surface area (Å²) in [6.07, 6.45) is 5.76. The first-order chi connectivity index (χ1) is 17.4. The van der Waals surface area contributed by atoms with Crippen molar-refractivity contribution in [1.82, 2.24) is 20.1 Å². The van der Waals surface area contributed by atoms with Gasteiger partial charge in [0.1, 0.15) is 11.6 Å². The Balaban J connectivity index is 1.59. The molecule has 3 N–H and O–H groups in total. The molecular weight excluding hydrogens is 475 g/mol. The van der Waals surface area contributed by atoms with E-state index in [0.717, 1.165) is 22.2 Å². The second-order valence-corrected chi connectivity index (χ2v) is 11.4. The maximum Gasteiger partial charge on any atom is 0.328 e. The van der Waals surface area contributed by atoms with E-state index >= 15 is 0 Å². The van der Waals surface area contributed by atoms with Gasteiger partial charge in [-0.1, -0.05) is 6.08 Å². The van der Waals surface area contributed by atoms with Crippen molar-refractivity contribution in [1.29, 1.82) is 0 Å². The summed E-state index contributed by atoms with van der Waals surface area (Å²) in [5.74, 6) is -0.377. The minimum Gasteiger partial charge on any atom is -0.512 e. The highest BCUT2D eigenvalue weighted by Gasteiger charge is 2.60. The third-order valence-corrected chi connectivity index (χ3v) is 7.58. The van der Waals surface area contributed by atoms with Crippen molar-refractivity contribution in [3.05, 3.63) is 52.7 Å². The molecule has 1 aromatic carbocycles. The van der Waals surface area contributed by atoms with E-state index in [0.29, 0.717) is 37.9 Å². The van der Waals surface area contributed by atoms with Crippen LogP contribution in [0.2, 0.25) is 0 Å². The summed E-state index contributed by atoms with van der Waals surface area (Å²) in [6, 6.07) is 2.07. The largest absolute Gasteiger partial charge is 0.512 e. The number of urea groups is 1. The maximum absolute atomic E-state index is 14.6. The second-order valence-electron chi connectivity index (χ2n) is 11.4. The van der Waals surface area contributed by atoms with E-state index in [9.17, 15) is 19.1 Å². The summed E-state index contributed by atoms with van der Waals surface area (Å²) in [4.78, 5) is 34.1. The first kappa shape index (κ1) is 25.3. The van der Waals surface area contributed by atoms with E-state index in [1.165, 1.54) is 18.1 Å². The maximum atomic E-state index is 14.6. The van der Waals surface area contributed by atoms with Gasteiger partial charge in [0.05, 0.1) is 12.9 Å². The van der Waals surface area contributed by atoms with Crippen LogP contribution in [0.3, 0.4) is 0 Å². The lowest BCUT2D eigenvalue weighted by atomic mass is 9.80. The molecule has 0 spiro atoms. The molecule has 1 saturated heterocycles. The van der Waals surface area contributed by atoms with Crippen LogP contribution in [-0.4, -0.2) is 63.1 Å². The number of amides is 3. The quantitative estimate of drug-likeness (QED) is 0.380. The Morgan fingerprint density at radius 3 is 2.73 bits per heavy atom. The molecule has 37 heavy (non-hydrogen) atoms. The molecule has 2 aromatic rings. The summed E-state index contributed by atoms with van der Waals surface area (Å²) >= 11 is 0. The van der Waals surface area contributed by atoms with E-state index in [1.54, 1.807) is 17.0 Å². The van der Waals surface area contributed by atoms with Crippen molar-refractivity contribution in [3.63, 3.8) is 0 Å². The number of benzene rings is 1. The van der Waals surface area contributed by atoms with Gasteiger partial charge in [-0.15, -0.1) is 0 Å². The predicted octanol–water partition coefficient (Wildman–Crippen LogP) is 4.88. The molecule has 9 heteroatoms. The Morgan fingerprint density at radius 1 is 1.30 bits per heavy atom. The van der Waals surface area contributed by atoms with Crippen LogP contribution in [0.15, 0.2) is 35.6 Å². The van der Waals surface area contributed by atoms with Crippen molar-refractivity contribution in [2.45, 2.75) is 70.5 Å². The first-order valence-corrected chi connectivity index (χ1v) is 12.8. The summed E-state index contributed by atoms with van der Waals surface area (Å²) < 4.78 is 19.8. The number of hydrogen-bond acceptors (Lipinski definition) is 5. The number of aliphatic hydroxyl groups is 1. The van der Waals surface area contributed by atoms with Gasteiger partial charge in [-0.05, 0) is 70.4 Å². The molecule has 0 unspecified atom stereocenters. The average Bonchev–Trinajstić information content (AvgIpc) is 3.25. The molecule has 2 atom stereocenters. The number of nitrogens with one attached hydrogen (secondary N) is 2. The molecule has 5 rings (SSSR count). The summed E-state index contributed by atoms with van der Waals surface area (Å²) in [5, 5.41) is 14.5. The zero-order valence-corrected chi connectivity index (χ0v) is 22.1. The number of ether oxygens (including phenoxy) is 1. The molecule has 1 aromatic heterocycles. The Bertz CT molecular complexity index is 1340. The Morgan fingerprint density at radius 2 is 2.05 bits per heavy atom. The Kier molecular flexibility index (Phi) is 6.09. The standard InChI is InChI=1S/C28H35FN4O4/c1-27(2,3)30-10-7-11-32-25(35)28(4)15-19-18-13-22(37-5)20(29)14-21(18)31-23(19)24(33(28)26(32)36)16-8-6-9-17(34)12-16/h8,12-14,24,30-31,34H,6-7,9-11,15H2,1-5H3/t24-,28+/m1/s1. The number of nitrogens with zero attached hydrogens (tertiary/aromatic N) is 2. The van der Waals surface area contributed by atoms with Gasteiger partial charge >= 0.3 is 6.03 Å².